The zero-order chi connectivity index (χ0) is 14.4. The smallest absolute Gasteiger partial charge is 0.161 e. The van der Waals surface area contributed by atoms with E-state index in [-0.39, 0.29) is 0 Å². The van der Waals surface area contributed by atoms with Crippen LogP contribution in [-0.2, 0) is 6.54 Å². The molecule has 0 saturated carbocycles. The van der Waals surface area contributed by atoms with Crippen molar-refractivity contribution >= 4 is 17.2 Å². The van der Waals surface area contributed by atoms with E-state index in [2.05, 4.69) is 18.9 Å². The lowest BCUT2D eigenvalue weighted by atomic mass is 10.1. The topological polar surface area (TPSA) is 47.7 Å². The Balaban J connectivity index is 2.73. The van der Waals surface area contributed by atoms with Gasteiger partial charge in [0.2, 0.25) is 0 Å². The van der Waals surface area contributed by atoms with Crippen LogP contribution in [0.1, 0.15) is 18.9 Å². The number of ether oxygens (including phenoxy) is 2. The summed E-state index contributed by atoms with van der Waals surface area (Å²) in [6.07, 6.45) is 0.721. The average Bonchev–Trinajstić information content (AvgIpc) is 2.37. The SMILES string of the molecule is COc1ccc(CN(C)C(C)CC(N)=S)cc1OC. The summed E-state index contributed by atoms with van der Waals surface area (Å²) in [6.45, 7) is 2.92. The fourth-order valence-electron chi connectivity index (χ4n) is 1.87. The summed E-state index contributed by atoms with van der Waals surface area (Å²) in [4.78, 5) is 2.76. The molecular formula is C14H22N2O2S. The monoisotopic (exact) mass is 282 g/mol. The van der Waals surface area contributed by atoms with Gasteiger partial charge in [-0.25, -0.2) is 0 Å². The molecule has 0 bridgehead atoms. The van der Waals surface area contributed by atoms with Crippen molar-refractivity contribution in [1.82, 2.24) is 4.90 Å². The van der Waals surface area contributed by atoms with Crippen molar-refractivity contribution in [1.29, 1.82) is 0 Å². The largest absolute Gasteiger partial charge is 0.493 e. The van der Waals surface area contributed by atoms with E-state index in [0.717, 1.165) is 30.0 Å². The number of rotatable bonds is 7. The van der Waals surface area contributed by atoms with Gasteiger partial charge in [0.15, 0.2) is 11.5 Å². The van der Waals surface area contributed by atoms with Crippen molar-refractivity contribution in [2.45, 2.75) is 25.9 Å². The van der Waals surface area contributed by atoms with Crippen molar-refractivity contribution in [3.63, 3.8) is 0 Å². The highest BCUT2D eigenvalue weighted by Crippen LogP contribution is 2.28. The molecular weight excluding hydrogens is 260 g/mol. The Morgan fingerprint density at radius 1 is 1.32 bits per heavy atom. The molecule has 0 saturated heterocycles. The van der Waals surface area contributed by atoms with E-state index in [0.29, 0.717) is 11.0 Å². The third kappa shape index (κ3) is 4.69. The van der Waals surface area contributed by atoms with Crippen LogP contribution < -0.4 is 15.2 Å². The fourth-order valence-corrected chi connectivity index (χ4v) is 2.11. The number of benzene rings is 1. The third-order valence-electron chi connectivity index (χ3n) is 3.13. The molecule has 19 heavy (non-hydrogen) atoms. The summed E-state index contributed by atoms with van der Waals surface area (Å²) in [5, 5.41) is 0. The van der Waals surface area contributed by atoms with Gasteiger partial charge >= 0.3 is 0 Å². The molecule has 0 aliphatic carbocycles. The van der Waals surface area contributed by atoms with Gasteiger partial charge in [-0.2, -0.15) is 0 Å². The van der Waals surface area contributed by atoms with Crippen LogP contribution in [0, 0.1) is 0 Å². The van der Waals surface area contributed by atoms with E-state index in [9.17, 15) is 0 Å². The lowest BCUT2D eigenvalue weighted by Crippen LogP contribution is -2.32. The maximum atomic E-state index is 5.58. The first kappa shape index (κ1) is 15.7. The molecule has 0 aliphatic rings. The van der Waals surface area contributed by atoms with Gasteiger partial charge in [0, 0.05) is 19.0 Å². The molecule has 1 atom stereocenters. The minimum absolute atomic E-state index is 0.311. The Hall–Kier alpha value is -1.33. The van der Waals surface area contributed by atoms with Gasteiger partial charge in [-0.3, -0.25) is 4.90 Å². The van der Waals surface area contributed by atoms with E-state index in [1.54, 1.807) is 14.2 Å². The van der Waals surface area contributed by atoms with Crippen LogP contribution in [0.15, 0.2) is 18.2 Å². The van der Waals surface area contributed by atoms with Crippen LogP contribution in [0.3, 0.4) is 0 Å². The highest BCUT2D eigenvalue weighted by atomic mass is 32.1. The van der Waals surface area contributed by atoms with Crippen LogP contribution in [0.2, 0.25) is 0 Å². The van der Waals surface area contributed by atoms with Gasteiger partial charge in [-0.1, -0.05) is 18.3 Å². The zero-order valence-corrected chi connectivity index (χ0v) is 12.8. The maximum Gasteiger partial charge on any atom is 0.161 e. The molecule has 0 radical (unpaired) electrons. The van der Waals surface area contributed by atoms with Gasteiger partial charge < -0.3 is 15.2 Å². The number of nitrogens with two attached hydrogens (primary N) is 1. The van der Waals surface area contributed by atoms with Crippen LogP contribution >= 0.6 is 12.2 Å². The normalized spacial score (nSPS) is 12.3. The molecule has 0 heterocycles. The first-order valence-corrected chi connectivity index (χ1v) is 6.58. The molecule has 1 unspecified atom stereocenters. The van der Waals surface area contributed by atoms with Crippen LogP contribution in [0.25, 0.3) is 0 Å². The van der Waals surface area contributed by atoms with Crippen LogP contribution in [0.4, 0.5) is 0 Å². The van der Waals surface area contributed by atoms with E-state index in [1.165, 1.54) is 0 Å². The zero-order valence-electron chi connectivity index (χ0n) is 12.0. The van der Waals surface area contributed by atoms with E-state index >= 15 is 0 Å². The Labute approximate surface area is 120 Å². The fraction of sp³-hybridized carbons (Fsp3) is 0.500. The summed E-state index contributed by atoms with van der Waals surface area (Å²) in [6, 6.07) is 6.25. The second-order valence-electron chi connectivity index (χ2n) is 4.62. The molecule has 5 heteroatoms. The van der Waals surface area contributed by atoms with Crippen molar-refractivity contribution in [3.8, 4) is 11.5 Å². The number of hydrogen-bond donors (Lipinski definition) is 1. The molecule has 4 nitrogen and oxygen atoms in total. The molecule has 1 aromatic carbocycles. The van der Waals surface area contributed by atoms with Crippen molar-refractivity contribution in [2.24, 2.45) is 5.73 Å². The Morgan fingerprint density at radius 3 is 2.47 bits per heavy atom. The van der Waals surface area contributed by atoms with Crippen molar-refractivity contribution in [3.05, 3.63) is 23.8 Å². The van der Waals surface area contributed by atoms with E-state index in [4.69, 9.17) is 27.4 Å². The Kier molecular flexibility index (Phi) is 6.05. The molecule has 0 aliphatic heterocycles. The lowest BCUT2D eigenvalue weighted by molar-refractivity contribution is 0.254. The summed E-state index contributed by atoms with van der Waals surface area (Å²) in [5.74, 6) is 1.49. The minimum atomic E-state index is 0.311. The highest BCUT2D eigenvalue weighted by Gasteiger charge is 2.12. The lowest BCUT2D eigenvalue weighted by Gasteiger charge is -2.24. The maximum absolute atomic E-state index is 5.58. The number of thiocarbonyl (C=S) groups is 1. The predicted molar refractivity (Wildman–Crippen MR) is 81.9 cm³/mol. The van der Waals surface area contributed by atoms with Crippen LogP contribution in [0.5, 0.6) is 11.5 Å². The predicted octanol–water partition coefficient (Wildman–Crippen LogP) is 2.20. The molecule has 1 aromatic rings. The van der Waals surface area contributed by atoms with Gasteiger partial charge in [-0.05, 0) is 31.7 Å². The highest BCUT2D eigenvalue weighted by molar-refractivity contribution is 7.80. The quantitative estimate of drug-likeness (QED) is 0.777. The summed E-state index contributed by atoms with van der Waals surface area (Å²) < 4.78 is 10.5. The van der Waals surface area contributed by atoms with E-state index in [1.807, 2.05) is 18.2 Å². The van der Waals surface area contributed by atoms with Gasteiger partial charge in [0.1, 0.15) is 0 Å². The molecule has 0 amide bonds. The number of methoxy groups -OCH3 is 2. The molecule has 0 fully saturated rings. The number of hydrogen-bond acceptors (Lipinski definition) is 4. The van der Waals surface area contributed by atoms with Gasteiger partial charge in [-0.15, -0.1) is 0 Å². The summed E-state index contributed by atoms with van der Waals surface area (Å²) >= 11 is 4.94. The second-order valence-corrected chi connectivity index (χ2v) is 5.15. The molecule has 0 spiro atoms. The summed E-state index contributed by atoms with van der Waals surface area (Å²) in [5.41, 5.74) is 6.74. The second kappa shape index (κ2) is 7.31. The molecule has 1 rings (SSSR count). The first-order chi connectivity index (χ1) is 8.97. The molecule has 2 N–H and O–H groups in total. The first-order valence-electron chi connectivity index (χ1n) is 6.17. The number of nitrogens with zero attached hydrogens (tertiary/aromatic N) is 1. The molecule has 106 valence electrons. The van der Waals surface area contributed by atoms with E-state index < -0.39 is 0 Å². The minimum Gasteiger partial charge on any atom is -0.493 e. The van der Waals surface area contributed by atoms with Crippen molar-refractivity contribution in [2.75, 3.05) is 21.3 Å². The van der Waals surface area contributed by atoms with Crippen LogP contribution in [-0.4, -0.2) is 37.2 Å². The standard InChI is InChI=1S/C14H22N2O2S/c1-10(7-14(15)19)16(2)9-11-5-6-12(17-3)13(8-11)18-4/h5-6,8,10H,7,9H2,1-4H3,(H2,15,19). The van der Waals surface area contributed by atoms with Gasteiger partial charge in [0.25, 0.3) is 0 Å². The van der Waals surface area contributed by atoms with Gasteiger partial charge in [0.05, 0.1) is 19.2 Å². The Morgan fingerprint density at radius 2 is 1.95 bits per heavy atom. The average molecular weight is 282 g/mol. The third-order valence-corrected chi connectivity index (χ3v) is 3.30. The Bertz CT molecular complexity index is 437. The molecule has 0 aromatic heterocycles. The van der Waals surface area contributed by atoms with Crippen molar-refractivity contribution < 1.29 is 9.47 Å². The summed E-state index contributed by atoms with van der Waals surface area (Å²) in [7, 11) is 5.33.